The molecule has 0 saturated carbocycles. The Morgan fingerprint density at radius 1 is 1.10 bits per heavy atom. The molecule has 0 unspecified atom stereocenters. The van der Waals surface area contributed by atoms with Gasteiger partial charge in [0.15, 0.2) is 0 Å². The highest BCUT2D eigenvalue weighted by Crippen LogP contribution is 2.33. The monoisotopic (exact) mass is 285 g/mol. The standard InChI is InChI=1S/C14H8ClN3O2/c15-13-4-2-1-3-10(13)12-8-16-17-14-6-5-9(18(19)20)7-11(12)14/h1-8H. The van der Waals surface area contributed by atoms with Gasteiger partial charge >= 0.3 is 0 Å². The van der Waals surface area contributed by atoms with Crippen LogP contribution in [0.25, 0.3) is 22.0 Å². The Morgan fingerprint density at radius 2 is 1.90 bits per heavy atom. The van der Waals surface area contributed by atoms with E-state index in [2.05, 4.69) is 10.2 Å². The molecule has 0 aliphatic heterocycles. The third-order valence-corrected chi connectivity index (χ3v) is 3.33. The molecule has 0 N–H and O–H groups in total. The second-order valence-corrected chi connectivity index (χ2v) is 4.60. The Hall–Kier alpha value is -2.53. The molecule has 0 radical (unpaired) electrons. The first-order valence-electron chi connectivity index (χ1n) is 5.81. The van der Waals surface area contributed by atoms with Gasteiger partial charge in [-0.2, -0.15) is 10.2 Å². The summed E-state index contributed by atoms with van der Waals surface area (Å²) in [7, 11) is 0. The van der Waals surface area contributed by atoms with Crippen LogP contribution in [0.15, 0.2) is 48.7 Å². The molecule has 98 valence electrons. The molecular formula is C14H8ClN3O2. The van der Waals surface area contributed by atoms with Crippen LogP contribution in [-0.2, 0) is 0 Å². The molecule has 0 spiro atoms. The third kappa shape index (κ3) is 2.08. The van der Waals surface area contributed by atoms with E-state index in [9.17, 15) is 10.1 Å². The molecule has 0 amide bonds. The van der Waals surface area contributed by atoms with Gasteiger partial charge in [-0.1, -0.05) is 29.8 Å². The smallest absolute Gasteiger partial charge is 0.258 e. The molecule has 0 saturated heterocycles. The van der Waals surface area contributed by atoms with Gasteiger partial charge in [0.2, 0.25) is 0 Å². The first-order chi connectivity index (χ1) is 9.66. The first kappa shape index (κ1) is 12.5. The average molecular weight is 286 g/mol. The van der Waals surface area contributed by atoms with Gasteiger partial charge in [-0.3, -0.25) is 10.1 Å². The molecule has 3 rings (SSSR count). The zero-order chi connectivity index (χ0) is 14.1. The largest absolute Gasteiger partial charge is 0.270 e. The molecule has 1 aromatic heterocycles. The van der Waals surface area contributed by atoms with Crippen LogP contribution >= 0.6 is 11.6 Å². The Labute approximate surface area is 119 Å². The number of halogens is 1. The normalized spacial score (nSPS) is 10.7. The van der Waals surface area contributed by atoms with Crippen LogP contribution in [0.5, 0.6) is 0 Å². The number of nitrogens with zero attached hydrogens (tertiary/aromatic N) is 3. The number of non-ortho nitro benzene ring substituents is 1. The van der Waals surface area contributed by atoms with Gasteiger partial charge in [0.25, 0.3) is 5.69 Å². The molecule has 20 heavy (non-hydrogen) atoms. The summed E-state index contributed by atoms with van der Waals surface area (Å²) in [5.41, 5.74) is 2.10. The van der Waals surface area contributed by atoms with Gasteiger partial charge < -0.3 is 0 Å². The van der Waals surface area contributed by atoms with E-state index in [4.69, 9.17) is 11.6 Å². The zero-order valence-electron chi connectivity index (χ0n) is 10.2. The number of nitro groups is 1. The fraction of sp³-hybridized carbons (Fsp3) is 0. The van der Waals surface area contributed by atoms with Crippen molar-refractivity contribution in [1.82, 2.24) is 10.2 Å². The summed E-state index contributed by atoms with van der Waals surface area (Å²) in [5, 5.41) is 20.0. The van der Waals surface area contributed by atoms with Gasteiger partial charge in [0, 0.05) is 33.7 Å². The predicted molar refractivity (Wildman–Crippen MR) is 76.6 cm³/mol. The van der Waals surface area contributed by atoms with Crippen molar-refractivity contribution in [1.29, 1.82) is 0 Å². The lowest BCUT2D eigenvalue weighted by atomic mass is 10.0. The quantitative estimate of drug-likeness (QED) is 0.529. The second-order valence-electron chi connectivity index (χ2n) is 4.20. The van der Waals surface area contributed by atoms with Crippen LogP contribution in [0.3, 0.4) is 0 Å². The van der Waals surface area contributed by atoms with Crippen molar-refractivity contribution in [2.75, 3.05) is 0 Å². The molecule has 0 aliphatic rings. The van der Waals surface area contributed by atoms with Gasteiger partial charge in [-0.15, -0.1) is 0 Å². The number of nitro benzene ring substituents is 1. The van der Waals surface area contributed by atoms with E-state index < -0.39 is 4.92 Å². The van der Waals surface area contributed by atoms with Crippen molar-refractivity contribution in [3.05, 3.63) is 63.8 Å². The Balaban J connectivity index is 2.33. The zero-order valence-corrected chi connectivity index (χ0v) is 10.9. The minimum atomic E-state index is -0.434. The van der Waals surface area contributed by atoms with Crippen LogP contribution < -0.4 is 0 Å². The van der Waals surface area contributed by atoms with Crippen LogP contribution in [0.2, 0.25) is 5.02 Å². The Kier molecular flexibility index (Phi) is 3.04. The van der Waals surface area contributed by atoms with Crippen LogP contribution in [0.4, 0.5) is 5.69 Å². The van der Waals surface area contributed by atoms with E-state index in [0.29, 0.717) is 15.9 Å². The van der Waals surface area contributed by atoms with Crippen molar-refractivity contribution in [3.63, 3.8) is 0 Å². The lowest BCUT2D eigenvalue weighted by Gasteiger charge is -2.07. The molecule has 3 aromatic rings. The van der Waals surface area contributed by atoms with Crippen molar-refractivity contribution in [3.8, 4) is 11.1 Å². The van der Waals surface area contributed by atoms with Crippen LogP contribution in [-0.4, -0.2) is 15.1 Å². The molecule has 0 aliphatic carbocycles. The number of fused-ring (bicyclic) bond motifs is 1. The topological polar surface area (TPSA) is 68.9 Å². The summed E-state index contributed by atoms with van der Waals surface area (Å²) in [4.78, 5) is 10.5. The lowest BCUT2D eigenvalue weighted by Crippen LogP contribution is -1.92. The average Bonchev–Trinajstić information content (AvgIpc) is 2.46. The number of benzene rings is 2. The SMILES string of the molecule is O=[N+]([O-])c1ccc2nncc(-c3ccccc3Cl)c2c1. The number of hydrogen-bond donors (Lipinski definition) is 0. The second kappa shape index (κ2) is 4.86. The summed E-state index contributed by atoms with van der Waals surface area (Å²) in [6, 6.07) is 11.8. The highest BCUT2D eigenvalue weighted by molar-refractivity contribution is 6.33. The van der Waals surface area contributed by atoms with Crippen molar-refractivity contribution >= 4 is 28.2 Å². The van der Waals surface area contributed by atoms with Crippen molar-refractivity contribution in [2.24, 2.45) is 0 Å². The molecule has 5 nitrogen and oxygen atoms in total. The fourth-order valence-electron chi connectivity index (χ4n) is 2.05. The van der Waals surface area contributed by atoms with Crippen LogP contribution in [0.1, 0.15) is 0 Å². The molecule has 0 bridgehead atoms. The van der Waals surface area contributed by atoms with Gasteiger partial charge in [0.1, 0.15) is 0 Å². The summed E-state index contributed by atoms with van der Waals surface area (Å²) < 4.78 is 0. The fourth-order valence-corrected chi connectivity index (χ4v) is 2.29. The molecule has 2 aromatic carbocycles. The van der Waals surface area contributed by atoms with Gasteiger partial charge in [-0.25, -0.2) is 0 Å². The summed E-state index contributed by atoms with van der Waals surface area (Å²) in [6.07, 6.45) is 1.56. The summed E-state index contributed by atoms with van der Waals surface area (Å²) >= 11 is 6.18. The lowest BCUT2D eigenvalue weighted by molar-refractivity contribution is -0.384. The highest BCUT2D eigenvalue weighted by atomic mass is 35.5. The van der Waals surface area contributed by atoms with E-state index in [-0.39, 0.29) is 5.69 Å². The van der Waals surface area contributed by atoms with E-state index in [1.165, 1.54) is 12.1 Å². The minimum absolute atomic E-state index is 0.0128. The molecule has 0 fully saturated rings. The predicted octanol–water partition coefficient (Wildman–Crippen LogP) is 3.86. The highest BCUT2D eigenvalue weighted by Gasteiger charge is 2.12. The molecule has 0 atom stereocenters. The van der Waals surface area contributed by atoms with Crippen LogP contribution in [0, 0.1) is 10.1 Å². The Bertz CT molecular complexity index is 820. The molecule has 6 heteroatoms. The molecule has 1 heterocycles. The number of aromatic nitrogens is 2. The number of rotatable bonds is 2. The summed E-state index contributed by atoms with van der Waals surface area (Å²) in [6.45, 7) is 0. The van der Waals surface area contributed by atoms with E-state index in [1.54, 1.807) is 18.3 Å². The Morgan fingerprint density at radius 3 is 2.65 bits per heavy atom. The maximum atomic E-state index is 10.9. The van der Waals surface area contributed by atoms with E-state index in [0.717, 1.165) is 11.1 Å². The van der Waals surface area contributed by atoms with Gasteiger partial charge in [-0.05, 0) is 12.1 Å². The number of hydrogen-bond acceptors (Lipinski definition) is 4. The van der Waals surface area contributed by atoms with Crippen molar-refractivity contribution in [2.45, 2.75) is 0 Å². The van der Waals surface area contributed by atoms with Crippen molar-refractivity contribution < 1.29 is 4.92 Å². The first-order valence-corrected chi connectivity index (χ1v) is 6.19. The molecular weight excluding hydrogens is 278 g/mol. The maximum Gasteiger partial charge on any atom is 0.270 e. The maximum absolute atomic E-state index is 10.9. The van der Waals surface area contributed by atoms with E-state index in [1.807, 2.05) is 18.2 Å². The van der Waals surface area contributed by atoms with E-state index >= 15 is 0 Å². The summed E-state index contributed by atoms with van der Waals surface area (Å²) in [5.74, 6) is 0. The third-order valence-electron chi connectivity index (χ3n) is 3.00. The minimum Gasteiger partial charge on any atom is -0.258 e. The van der Waals surface area contributed by atoms with Gasteiger partial charge in [0.05, 0.1) is 16.6 Å².